The molecular weight excluding hydrogens is 310 g/mol. The molecule has 0 aromatic carbocycles. The molecule has 0 saturated carbocycles. The van der Waals surface area contributed by atoms with Gasteiger partial charge in [0, 0.05) is 31.8 Å². The number of nitrogens with one attached hydrogen (secondary N) is 1. The van der Waals surface area contributed by atoms with Crippen molar-refractivity contribution in [2.45, 2.75) is 33.7 Å². The summed E-state index contributed by atoms with van der Waals surface area (Å²) in [6.07, 6.45) is 3.69. The van der Waals surface area contributed by atoms with Crippen molar-refractivity contribution in [1.82, 2.24) is 14.9 Å². The molecule has 0 unspecified atom stereocenters. The SMILES string of the molecule is Cc1cc(NC(=O)[C@H]2CC(=O)N(c3cnn(CC(C)C)c3)C2)no1. The third kappa shape index (κ3) is 3.47. The van der Waals surface area contributed by atoms with E-state index in [4.69, 9.17) is 4.52 Å². The molecule has 0 bridgehead atoms. The number of aryl methyl sites for hydroxylation is 1. The van der Waals surface area contributed by atoms with Crippen LogP contribution in [0.3, 0.4) is 0 Å². The Balaban J connectivity index is 1.64. The first kappa shape index (κ1) is 16.2. The van der Waals surface area contributed by atoms with Crippen LogP contribution in [0.4, 0.5) is 11.5 Å². The number of carbonyl (C=O) groups is 2. The molecule has 8 heteroatoms. The van der Waals surface area contributed by atoms with E-state index in [9.17, 15) is 9.59 Å². The molecule has 0 spiro atoms. The average molecular weight is 331 g/mol. The molecule has 1 aliphatic heterocycles. The van der Waals surface area contributed by atoms with Gasteiger partial charge in [0.25, 0.3) is 0 Å². The van der Waals surface area contributed by atoms with Gasteiger partial charge in [0.1, 0.15) is 5.76 Å². The summed E-state index contributed by atoms with van der Waals surface area (Å²) in [5.74, 6) is 0.740. The average Bonchev–Trinajstić information content (AvgIpc) is 3.19. The van der Waals surface area contributed by atoms with Gasteiger partial charge in [-0.05, 0) is 12.8 Å². The maximum atomic E-state index is 12.3. The first-order valence-electron chi connectivity index (χ1n) is 7.99. The first-order valence-corrected chi connectivity index (χ1v) is 7.99. The van der Waals surface area contributed by atoms with Crippen molar-refractivity contribution in [3.63, 3.8) is 0 Å². The zero-order valence-electron chi connectivity index (χ0n) is 14.0. The number of nitrogens with zero attached hydrogens (tertiary/aromatic N) is 4. The number of rotatable bonds is 5. The Morgan fingerprint density at radius 3 is 2.96 bits per heavy atom. The van der Waals surface area contributed by atoms with Gasteiger partial charge >= 0.3 is 0 Å². The molecular formula is C16H21N5O3. The molecule has 3 heterocycles. The van der Waals surface area contributed by atoms with Gasteiger partial charge in [-0.3, -0.25) is 14.3 Å². The maximum Gasteiger partial charge on any atom is 0.231 e. The van der Waals surface area contributed by atoms with Crippen LogP contribution < -0.4 is 10.2 Å². The summed E-state index contributed by atoms with van der Waals surface area (Å²) in [6.45, 7) is 7.09. The molecule has 0 aliphatic carbocycles. The highest BCUT2D eigenvalue weighted by Gasteiger charge is 2.36. The molecule has 1 aliphatic rings. The van der Waals surface area contributed by atoms with Crippen LogP contribution in [0.25, 0.3) is 0 Å². The fourth-order valence-corrected chi connectivity index (χ4v) is 2.75. The Morgan fingerprint density at radius 2 is 2.29 bits per heavy atom. The predicted octanol–water partition coefficient (Wildman–Crippen LogP) is 1.83. The lowest BCUT2D eigenvalue weighted by Crippen LogP contribution is -2.28. The van der Waals surface area contributed by atoms with Gasteiger partial charge in [-0.1, -0.05) is 19.0 Å². The quantitative estimate of drug-likeness (QED) is 0.902. The van der Waals surface area contributed by atoms with Gasteiger partial charge in [-0.2, -0.15) is 5.10 Å². The first-order chi connectivity index (χ1) is 11.4. The van der Waals surface area contributed by atoms with Crippen LogP contribution >= 0.6 is 0 Å². The Hall–Kier alpha value is -2.64. The lowest BCUT2D eigenvalue weighted by molar-refractivity contribution is -0.122. The second-order valence-corrected chi connectivity index (χ2v) is 6.53. The van der Waals surface area contributed by atoms with Crippen molar-refractivity contribution >= 4 is 23.3 Å². The van der Waals surface area contributed by atoms with E-state index in [1.165, 1.54) is 0 Å². The number of aromatic nitrogens is 3. The Bertz CT molecular complexity index is 748. The molecule has 128 valence electrons. The summed E-state index contributed by atoms with van der Waals surface area (Å²) in [4.78, 5) is 26.2. The second-order valence-electron chi connectivity index (χ2n) is 6.53. The van der Waals surface area contributed by atoms with Crippen LogP contribution in [0.1, 0.15) is 26.0 Å². The lowest BCUT2D eigenvalue weighted by atomic mass is 10.1. The Morgan fingerprint density at radius 1 is 1.50 bits per heavy atom. The summed E-state index contributed by atoms with van der Waals surface area (Å²) in [7, 11) is 0. The zero-order valence-corrected chi connectivity index (χ0v) is 14.0. The standard InChI is InChI=1S/C16H21N5O3/c1-10(2)7-20-9-13(6-17-20)21-8-12(5-15(21)22)16(23)18-14-4-11(3)24-19-14/h4,6,9-10,12H,5,7-8H2,1-3H3,(H,18,19,23)/t12-/m0/s1. The predicted molar refractivity (Wildman–Crippen MR) is 87.4 cm³/mol. The molecule has 1 fully saturated rings. The number of anilines is 2. The molecule has 2 amide bonds. The van der Waals surface area contributed by atoms with E-state index >= 15 is 0 Å². The fourth-order valence-electron chi connectivity index (χ4n) is 2.75. The van der Waals surface area contributed by atoms with E-state index in [0.717, 1.165) is 12.2 Å². The van der Waals surface area contributed by atoms with Crippen molar-refractivity contribution in [3.05, 3.63) is 24.2 Å². The van der Waals surface area contributed by atoms with E-state index < -0.39 is 5.92 Å². The van der Waals surface area contributed by atoms with Gasteiger partial charge in [0.2, 0.25) is 11.8 Å². The van der Waals surface area contributed by atoms with E-state index in [0.29, 0.717) is 24.0 Å². The normalized spacial score (nSPS) is 17.8. The summed E-state index contributed by atoms with van der Waals surface area (Å²) >= 11 is 0. The minimum absolute atomic E-state index is 0.0735. The van der Waals surface area contributed by atoms with Gasteiger partial charge in [-0.15, -0.1) is 0 Å². The van der Waals surface area contributed by atoms with Gasteiger partial charge in [0.05, 0.1) is 17.8 Å². The molecule has 1 atom stereocenters. The van der Waals surface area contributed by atoms with Crippen LogP contribution in [0, 0.1) is 18.8 Å². The Labute approximate surface area is 139 Å². The third-order valence-electron chi connectivity index (χ3n) is 3.86. The number of amides is 2. The van der Waals surface area contributed by atoms with Crippen LogP contribution in [-0.2, 0) is 16.1 Å². The van der Waals surface area contributed by atoms with Gasteiger partial charge in [-0.25, -0.2) is 0 Å². The molecule has 24 heavy (non-hydrogen) atoms. The van der Waals surface area contributed by atoms with Crippen molar-refractivity contribution in [1.29, 1.82) is 0 Å². The highest BCUT2D eigenvalue weighted by Crippen LogP contribution is 2.25. The van der Waals surface area contributed by atoms with Crippen molar-refractivity contribution in [2.75, 3.05) is 16.8 Å². The third-order valence-corrected chi connectivity index (χ3v) is 3.86. The zero-order chi connectivity index (χ0) is 17.3. The van der Waals surface area contributed by atoms with E-state index in [-0.39, 0.29) is 18.2 Å². The molecule has 0 radical (unpaired) electrons. The molecule has 8 nitrogen and oxygen atoms in total. The minimum Gasteiger partial charge on any atom is -0.360 e. The second kappa shape index (κ2) is 6.46. The highest BCUT2D eigenvalue weighted by atomic mass is 16.5. The monoisotopic (exact) mass is 331 g/mol. The van der Waals surface area contributed by atoms with Crippen molar-refractivity contribution in [3.8, 4) is 0 Å². The fraction of sp³-hybridized carbons (Fsp3) is 0.500. The summed E-state index contributed by atoms with van der Waals surface area (Å²) in [5.41, 5.74) is 0.730. The largest absolute Gasteiger partial charge is 0.360 e. The summed E-state index contributed by atoms with van der Waals surface area (Å²) in [6, 6.07) is 1.64. The van der Waals surface area contributed by atoms with Gasteiger partial charge < -0.3 is 14.7 Å². The molecule has 2 aromatic rings. The lowest BCUT2D eigenvalue weighted by Gasteiger charge is -2.14. The number of carbonyl (C=O) groups excluding carboxylic acids is 2. The van der Waals surface area contributed by atoms with Crippen molar-refractivity contribution in [2.24, 2.45) is 11.8 Å². The van der Waals surface area contributed by atoms with Crippen LogP contribution in [-0.4, -0.2) is 33.3 Å². The Kier molecular flexibility index (Phi) is 4.37. The smallest absolute Gasteiger partial charge is 0.231 e. The van der Waals surface area contributed by atoms with Crippen LogP contribution in [0.5, 0.6) is 0 Å². The molecule has 1 N–H and O–H groups in total. The van der Waals surface area contributed by atoms with Crippen molar-refractivity contribution < 1.29 is 14.1 Å². The topological polar surface area (TPSA) is 93.3 Å². The number of hydrogen-bond acceptors (Lipinski definition) is 5. The number of hydrogen-bond donors (Lipinski definition) is 1. The molecule has 2 aromatic heterocycles. The van der Waals surface area contributed by atoms with Gasteiger partial charge in [0.15, 0.2) is 5.82 Å². The van der Waals surface area contributed by atoms with E-state index in [1.807, 2.05) is 10.9 Å². The van der Waals surface area contributed by atoms with E-state index in [1.54, 1.807) is 24.1 Å². The molecule has 3 rings (SSSR count). The maximum absolute atomic E-state index is 12.3. The van der Waals surface area contributed by atoms with E-state index in [2.05, 4.69) is 29.4 Å². The summed E-state index contributed by atoms with van der Waals surface area (Å²) < 4.78 is 6.74. The summed E-state index contributed by atoms with van der Waals surface area (Å²) in [5, 5.41) is 10.7. The van der Waals surface area contributed by atoms with Crippen LogP contribution in [0.15, 0.2) is 23.0 Å². The van der Waals surface area contributed by atoms with Crippen LogP contribution in [0.2, 0.25) is 0 Å². The highest BCUT2D eigenvalue weighted by molar-refractivity contribution is 6.03. The molecule has 1 saturated heterocycles. The minimum atomic E-state index is -0.414.